The van der Waals surface area contributed by atoms with Crippen molar-refractivity contribution in [1.29, 1.82) is 0 Å². The third-order valence-electron chi connectivity index (χ3n) is 4.43. The van der Waals surface area contributed by atoms with Crippen molar-refractivity contribution in [2.24, 2.45) is 4.99 Å². The molecule has 1 aromatic heterocycles. The van der Waals surface area contributed by atoms with Gasteiger partial charge in [-0.3, -0.25) is 4.99 Å². The average molecular weight is 523 g/mol. The number of thiazole rings is 1. The van der Waals surface area contributed by atoms with Crippen molar-refractivity contribution < 1.29 is 9.53 Å². The van der Waals surface area contributed by atoms with Gasteiger partial charge in [-0.1, -0.05) is 0 Å². The van der Waals surface area contributed by atoms with E-state index in [1.165, 1.54) is 4.88 Å². The van der Waals surface area contributed by atoms with E-state index in [1.54, 1.807) is 18.4 Å². The van der Waals surface area contributed by atoms with E-state index in [9.17, 15) is 4.79 Å². The Morgan fingerprint density at radius 2 is 1.75 bits per heavy atom. The van der Waals surface area contributed by atoms with Crippen LogP contribution in [0.2, 0.25) is 0 Å². The van der Waals surface area contributed by atoms with Crippen LogP contribution in [0.5, 0.6) is 0 Å². The van der Waals surface area contributed by atoms with E-state index in [1.807, 2.05) is 34.6 Å². The molecule has 0 aromatic carbocycles. The molecular weight excluding hydrogens is 489 g/mol. The molecule has 1 fully saturated rings. The SMILES string of the molecule is CN=C(NCc1sc(C)nc1C)NC1CCC(NC(=O)OC(C)(C)C)CC1.I. The molecule has 0 spiro atoms. The number of carbonyl (C=O) groups is 1. The van der Waals surface area contributed by atoms with Crippen molar-refractivity contribution in [3.63, 3.8) is 0 Å². The average Bonchev–Trinajstić information content (AvgIpc) is 2.88. The lowest BCUT2D eigenvalue weighted by Gasteiger charge is -2.31. The molecule has 0 bridgehead atoms. The van der Waals surface area contributed by atoms with Crippen molar-refractivity contribution >= 4 is 47.4 Å². The largest absolute Gasteiger partial charge is 0.444 e. The zero-order valence-electron chi connectivity index (χ0n) is 17.7. The molecule has 0 saturated heterocycles. The molecule has 160 valence electrons. The van der Waals surface area contributed by atoms with Crippen LogP contribution in [0.1, 0.15) is 62.0 Å². The van der Waals surface area contributed by atoms with Crippen LogP contribution in [0, 0.1) is 13.8 Å². The van der Waals surface area contributed by atoms with E-state index >= 15 is 0 Å². The molecule has 0 unspecified atom stereocenters. The summed E-state index contributed by atoms with van der Waals surface area (Å²) in [6.45, 7) is 10.4. The van der Waals surface area contributed by atoms with Gasteiger partial charge in [0.15, 0.2) is 5.96 Å². The molecule has 3 N–H and O–H groups in total. The van der Waals surface area contributed by atoms with Gasteiger partial charge < -0.3 is 20.7 Å². The highest BCUT2D eigenvalue weighted by molar-refractivity contribution is 14.0. The van der Waals surface area contributed by atoms with Gasteiger partial charge in [-0.25, -0.2) is 9.78 Å². The maximum absolute atomic E-state index is 11.9. The predicted molar refractivity (Wildman–Crippen MR) is 126 cm³/mol. The summed E-state index contributed by atoms with van der Waals surface area (Å²) in [6, 6.07) is 0.535. The minimum absolute atomic E-state index is 0. The Balaban J connectivity index is 0.00000392. The number of nitrogens with one attached hydrogen (secondary N) is 3. The molecule has 28 heavy (non-hydrogen) atoms. The molecule has 2 rings (SSSR count). The van der Waals surface area contributed by atoms with Crippen LogP contribution in [0.15, 0.2) is 4.99 Å². The van der Waals surface area contributed by atoms with Gasteiger partial charge in [0, 0.05) is 24.0 Å². The minimum Gasteiger partial charge on any atom is -0.444 e. The van der Waals surface area contributed by atoms with Gasteiger partial charge in [0.25, 0.3) is 0 Å². The van der Waals surface area contributed by atoms with Crippen LogP contribution in [0.4, 0.5) is 4.79 Å². The third kappa shape index (κ3) is 8.50. The summed E-state index contributed by atoms with van der Waals surface area (Å²) < 4.78 is 5.34. The summed E-state index contributed by atoms with van der Waals surface area (Å²) >= 11 is 1.71. The second-order valence-electron chi connectivity index (χ2n) is 8.01. The van der Waals surface area contributed by atoms with E-state index in [2.05, 4.69) is 25.9 Å². The van der Waals surface area contributed by atoms with Crippen LogP contribution >= 0.6 is 35.3 Å². The lowest BCUT2D eigenvalue weighted by Crippen LogP contribution is -2.47. The van der Waals surface area contributed by atoms with Gasteiger partial charge >= 0.3 is 6.09 Å². The van der Waals surface area contributed by atoms with E-state index < -0.39 is 5.60 Å². The fourth-order valence-electron chi connectivity index (χ4n) is 3.15. The maximum Gasteiger partial charge on any atom is 0.407 e. The summed E-state index contributed by atoms with van der Waals surface area (Å²) in [5.74, 6) is 0.809. The van der Waals surface area contributed by atoms with Gasteiger partial charge in [0.05, 0.1) is 17.2 Å². The van der Waals surface area contributed by atoms with Crippen LogP contribution < -0.4 is 16.0 Å². The molecule has 1 amide bonds. The molecular formula is C19H34IN5O2S. The van der Waals surface area contributed by atoms with E-state index in [4.69, 9.17) is 4.74 Å². The van der Waals surface area contributed by atoms with Gasteiger partial charge in [-0.2, -0.15) is 0 Å². The number of hydrogen-bond donors (Lipinski definition) is 3. The normalized spacial score (nSPS) is 20.1. The summed E-state index contributed by atoms with van der Waals surface area (Å²) in [5, 5.41) is 10.9. The topological polar surface area (TPSA) is 87.6 Å². The second kappa shape index (κ2) is 11.2. The Hall–Kier alpha value is -1.10. The Morgan fingerprint density at radius 1 is 1.18 bits per heavy atom. The zero-order chi connectivity index (χ0) is 20.0. The Bertz CT molecular complexity index is 664. The molecule has 0 radical (unpaired) electrons. The van der Waals surface area contributed by atoms with Gasteiger partial charge in [0.1, 0.15) is 5.60 Å². The lowest BCUT2D eigenvalue weighted by molar-refractivity contribution is 0.0490. The monoisotopic (exact) mass is 523 g/mol. The number of carbonyl (C=O) groups excluding carboxylic acids is 1. The Morgan fingerprint density at radius 3 is 2.21 bits per heavy atom. The Kier molecular flexibility index (Phi) is 9.96. The molecule has 1 aliphatic carbocycles. The molecule has 0 atom stereocenters. The second-order valence-corrected chi connectivity index (χ2v) is 9.29. The highest BCUT2D eigenvalue weighted by atomic mass is 127. The summed E-state index contributed by atoms with van der Waals surface area (Å²) in [6.07, 6.45) is 3.51. The third-order valence-corrected chi connectivity index (χ3v) is 5.50. The Labute approximate surface area is 189 Å². The number of nitrogens with zero attached hydrogens (tertiary/aromatic N) is 2. The van der Waals surface area contributed by atoms with Gasteiger partial charge in [-0.05, 0) is 60.3 Å². The standard InChI is InChI=1S/C19H33N5O2S.HI/c1-12-16(27-13(2)22-12)11-21-17(20-6)23-14-7-9-15(10-8-14)24-18(25)26-19(3,4)5;/h14-15H,7-11H2,1-6H3,(H,24,25)(H2,20,21,23);1H. The van der Waals surface area contributed by atoms with Gasteiger partial charge in [0.2, 0.25) is 0 Å². The highest BCUT2D eigenvalue weighted by Gasteiger charge is 2.25. The number of aryl methyl sites for hydroxylation is 2. The number of alkyl carbamates (subject to hydrolysis) is 1. The van der Waals surface area contributed by atoms with Crippen molar-refractivity contribution in [3.8, 4) is 0 Å². The maximum atomic E-state index is 11.9. The zero-order valence-corrected chi connectivity index (χ0v) is 20.9. The number of ether oxygens (including phenoxy) is 1. The van der Waals surface area contributed by atoms with Crippen molar-refractivity contribution in [3.05, 3.63) is 15.6 Å². The van der Waals surface area contributed by atoms with Crippen LogP contribution in [0.3, 0.4) is 0 Å². The molecule has 1 saturated carbocycles. The fourth-order valence-corrected chi connectivity index (χ4v) is 4.02. The molecule has 0 aliphatic heterocycles. The number of aromatic nitrogens is 1. The lowest BCUT2D eigenvalue weighted by atomic mass is 9.91. The van der Waals surface area contributed by atoms with Crippen molar-refractivity contribution in [2.75, 3.05) is 7.05 Å². The van der Waals surface area contributed by atoms with E-state index in [-0.39, 0.29) is 36.1 Å². The predicted octanol–water partition coefficient (Wildman–Crippen LogP) is 3.88. The summed E-state index contributed by atoms with van der Waals surface area (Å²) in [7, 11) is 1.79. The van der Waals surface area contributed by atoms with E-state index in [0.717, 1.165) is 48.9 Å². The first kappa shape index (κ1) is 24.9. The number of amides is 1. The number of halogens is 1. The smallest absolute Gasteiger partial charge is 0.407 e. The van der Waals surface area contributed by atoms with Crippen molar-refractivity contribution in [1.82, 2.24) is 20.9 Å². The van der Waals surface area contributed by atoms with Crippen molar-refractivity contribution in [2.45, 2.75) is 84.5 Å². The number of hydrogen-bond acceptors (Lipinski definition) is 5. The molecule has 7 nitrogen and oxygen atoms in total. The number of rotatable bonds is 4. The quantitative estimate of drug-likeness (QED) is 0.317. The summed E-state index contributed by atoms with van der Waals surface area (Å²) in [4.78, 5) is 21.9. The van der Waals surface area contributed by atoms with E-state index in [0.29, 0.717) is 6.04 Å². The summed E-state index contributed by atoms with van der Waals surface area (Å²) in [5.41, 5.74) is 0.616. The molecule has 1 aliphatic rings. The first-order chi connectivity index (χ1) is 12.7. The molecule has 1 aromatic rings. The van der Waals surface area contributed by atoms with Crippen LogP contribution in [-0.2, 0) is 11.3 Å². The number of aliphatic imine (C=N–C) groups is 1. The first-order valence-electron chi connectivity index (χ1n) is 9.56. The highest BCUT2D eigenvalue weighted by Crippen LogP contribution is 2.20. The number of guanidine groups is 1. The first-order valence-corrected chi connectivity index (χ1v) is 10.4. The fraction of sp³-hybridized carbons (Fsp3) is 0.737. The molecule has 9 heteroatoms. The van der Waals surface area contributed by atoms with Gasteiger partial charge in [-0.15, -0.1) is 35.3 Å². The van der Waals surface area contributed by atoms with Crippen LogP contribution in [0.25, 0.3) is 0 Å². The van der Waals surface area contributed by atoms with Crippen LogP contribution in [-0.4, -0.2) is 41.8 Å². The molecule has 1 heterocycles. The minimum atomic E-state index is -0.462.